The molecule has 0 amide bonds. The van der Waals surface area contributed by atoms with Gasteiger partial charge < -0.3 is 5.32 Å². The molecule has 1 nitrogen and oxygen atoms in total. The molecule has 0 heterocycles. The smallest absolute Gasteiger partial charge is 0.0208 e. The third-order valence-electron chi connectivity index (χ3n) is 5.62. The van der Waals surface area contributed by atoms with Crippen molar-refractivity contribution in [3.63, 3.8) is 0 Å². The van der Waals surface area contributed by atoms with Crippen molar-refractivity contribution < 1.29 is 0 Å². The molecule has 0 saturated heterocycles. The maximum absolute atomic E-state index is 3.86. The Morgan fingerprint density at radius 2 is 1.76 bits per heavy atom. The number of benzene rings is 1. The predicted octanol–water partition coefficient (Wildman–Crippen LogP) is 5.11. The monoisotopic (exact) mass is 285 g/mol. The highest BCUT2D eigenvalue weighted by Crippen LogP contribution is 2.40. The van der Waals surface area contributed by atoms with Crippen LogP contribution in [0, 0.1) is 17.8 Å². The van der Waals surface area contributed by atoms with Crippen molar-refractivity contribution >= 4 is 0 Å². The molecule has 1 aromatic rings. The van der Waals surface area contributed by atoms with Gasteiger partial charge in [-0.3, -0.25) is 0 Å². The molecule has 21 heavy (non-hydrogen) atoms. The van der Waals surface area contributed by atoms with Crippen LogP contribution in [-0.2, 0) is 6.54 Å². The summed E-state index contributed by atoms with van der Waals surface area (Å²) in [6.07, 6.45) is 6.96. The number of rotatable bonds is 5. The van der Waals surface area contributed by atoms with E-state index in [9.17, 15) is 0 Å². The molecular formula is C20H31N. The van der Waals surface area contributed by atoms with E-state index in [1.807, 2.05) is 0 Å². The van der Waals surface area contributed by atoms with Gasteiger partial charge >= 0.3 is 0 Å². The fourth-order valence-corrected chi connectivity index (χ4v) is 4.01. The highest BCUT2D eigenvalue weighted by atomic mass is 14.9. The standard InChI is InChI=1S/C20H31N/c1-14(2)19-11-4-15(3)12-20(19)21-13-16-5-7-17(8-6-16)18-9-10-18/h5-8,14-15,18-21H,4,9-13H2,1-3H3. The molecule has 2 fully saturated rings. The van der Waals surface area contributed by atoms with Crippen LogP contribution in [0.25, 0.3) is 0 Å². The molecule has 1 N–H and O–H groups in total. The lowest BCUT2D eigenvalue weighted by atomic mass is 9.74. The molecule has 0 radical (unpaired) electrons. The van der Waals surface area contributed by atoms with Crippen LogP contribution in [0.15, 0.2) is 24.3 Å². The maximum Gasteiger partial charge on any atom is 0.0208 e. The fourth-order valence-electron chi connectivity index (χ4n) is 4.01. The summed E-state index contributed by atoms with van der Waals surface area (Å²) in [6.45, 7) is 8.22. The van der Waals surface area contributed by atoms with Crippen molar-refractivity contribution in [3.8, 4) is 0 Å². The van der Waals surface area contributed by atoms with Gasteiger partial charge in [-0.25, -0.2) is 0 Å². The summed E-state index contributed by atoms with van der Waals surface area (Å²) < 4.78 is 0. The molecule has 3 rings (SSSR count). The van der Waals surface area contributed by atoms with Gasteiger partial charge in [0, 0.05) is 12.6 Å². The van der Waals surface area contributed by atoms with Crippen molar-refractivity contribution in [2.45, 2.75) is 71.4 Å². The molecule has 0 spiro atoms. The Bertz CT molecular complexity index is 443. The Kier molecular flexibility index (Phi) is 4.69. The average molecular weight is 285 g/mol. The van der Waals surface area contributed by atoms with Gasteiger partial charge in [0.1, 0.15) is 0 Å². The lowest BCUT2D eigenvalue weighted by molar-refractivity contribution is 0.169. The number of nitrogens with one attached hydrogen (secondary N) is 1. The minimum absolute atomic E-state index is 0.705. The SMILES string of the molecule is CC1CCC(C(C)C)C(NCc2ccc(C3CC3)cc2)C1. The molecule has 0 bridgehead atoms. The van der Waals surface area contributed by atoms with E-state index in [0.29, 0.717) is 6.04 Å². The topological polar surface area (TPSA) is 12.0 Å². The first-order valence-electron chi connectivity index (χ1n) is 8.95. The first-order valence-corrected chi connectivity index (χ1v) is 8.95. The van der Waals surface area contributed by atoms with E-state index in [2.05, 4.69) is 50.4 Å². The van der Waals surface area contributed by atoms with Gasteiger partial charge in [-0.05, 0) is 60.5 Å². The second kappa shape index (κ2) is 6.52. The zero-order chi connectivity index (χ0) is 14.8. The highest BCUT2D eigenvalue weighted by Gasteiger charge is 2.30. The van der Waals surface area contributed by atoms with Crippen molar-refractivity contribution in [1.29, 1.82) is 0 Å². The van der Waals surface area contributed by atoms with Crippen LogP contribution in [-0.4, -0.2) is 6.04 Å². The number of hydrogen-bond donors (Lipinski definition) is 1. The Balaban J connectivity index is 1.56. The summed E-state index contributed by atoms with van der Waals surface area (Å²) in [5.74, 6) is 3.41. The summed E-state index contributed by atoms with van der Waals surface area (Å²) in [5.41, 5.74) is 2.99. The first kappa shape index (κ1) is 15.1. The van der Waals surface area contributed by atoms with Gasteiger partial charge in [0.15, 0.2) is 0 Å². The highest BCUT2D eigenvalue weighted by molar-refractivity contribution is 5.28. The van der Waals surface area contributed by atoms with E-state index in [0.717, 1.165) is 30.2 Å². The molecule has 3 atom stereocenters. The van der Waals surface area contributed by atoms with Gasteiger partial charge in [-0.1, -0.05) is 51.5 Å². The zero-order valence-corrected chi connectivity index (χ0v) is 13.9. The van der Waals surface area contributed by atoms with E-state index in [1.54, 1.807) is 5.56 Å². The molecule has 2 aliphatic carbocycles. The predicted molar refractivity (Wildman–Crippen MR) is 90.4 cm³/mol. The molecule has 0 aromatic heterocycles. The normalized spacial score (nSPS) is 29.8. The van der Waals surface area contributed by atoms with Crippen LogP contribution in [0.5, 0.6) is 0 Å². The van der Waals surface area contributed by atoms with Gasteiger partial charge in [0.2, 0.25) is 0 Å². The van der Waals surface area contributed by atoms with Crippen molar-refractivity contribution in [1.82, 2.24) is 5.32 Å². The van der Waals surface area contributed by atoms with Crippen LogP contribution in [0.1, 0.15) is 69.9 Å². The minimum Gasteiger partial charge on any atom is -0.310 e. The van der Waals surface area contributed by atoms with Gasteiger partial charge in [-0.15, -0.1) is 0 Å². The zero-order valence-electron chi connectivity index (χ0n) is 13.9. The van der Waals surface area contributed by atoms with E-state index in [1.165, 1.54) is 37.7 Å². The minimum atomic E-state index is 0.705. The lowest BCUT2D eigenvalue weighted by Crippen LogP contribution is -2.42. The summed E-state index contributed by atoms with van der Waals surface area (Å²) in [6, 6.07) is 10.1. The van der Waals surface area contributed by atoms with Crippen LogP contribution in [0.2, 0.25) is 0 Å². The summed E-state index contributed by atoms with van der Waals surface area (Å²) in [7, 11) is 0. The molecule has 1 aromatic carbocycles. The summed E-state index contributed by atoms with van der Waals surface area (Å²) in [4.78, 5) is 0. The Morgan fingerprint density at radius 3 is 2.38 bits per heavy atom. The number of hydrogen-bond acceptors (Lipinski definition) is 1. The second-order valence-corrected chi connectivity index (χ2v) is 7.83. The Labute approximate surface area is 130 Å². The Hall–Kier alpha value is -0.820. The van der Waals surface area contributed by atoms with Crippen molar-refractivity contribution in [2.24, 2.45) is 17.8 Å². The van der Waals surface area contributed by atoms with Gasteiger partial charge in [0.05, 0.1) is 0 Å². The second-order valence-electron chi connectivity index (χ2n) is 7.83. The largest absolute Gasteiger partial charge is 0.310 e. The van der Waals surface area contributed by atoms with Crippen LogP contribution < -0.4 is 5.32 Å². The molecule has 2 aliphatic rings. The van der Waals surface area contributed by atoms with Gasteiger partial charge in [0.25, 0.3) is 0 Å². The molecule has 0 aliphatic heterocycles. The summed E-state index contributed by atoms with van der Waals surface area (Å²) in [5, 5.41) is 3.86. The van der Waals surface area contributed by atoms with E-state index in [-0.39, 0.29) is 0 Å². The summed E-state index contributed by atoms with van der Waals surface area (Å²) >= 11 is 0. The molecule has 1 heteroatoms. The fraction of sp³-hybridized carbons (Fsp3) is 0.700. The quantitative estimate of drug-likeness (QED) is 0.792. The van der Waals surface area contributed by atoms with E-state index >= 15 is 0 Å². The van der Waals surface area contributed by atoms with Crippen molar-refractivity contribution in [2.75, 3.05) is 0 Å². The third-order valence-corrected chi connectivity index (χ3v) is 5.62. The molecule has 3 unspecified atom stereocenters. The molecule has 116 valence electrons. The third kappa shape index (κ3) is 3.88. The van der Waals surface area contributed by atoms with Crippen LogP contribution in [0.3, 0.4) is 0 Å². The first-order chi connectivity index (χ1) is 10.1. The maximum atomic E-state index is 3.86. The molecule has 2 saturated carbocycles. The molecular weight excluding hydrogens is 254 g/mol. The average Bonchev–Trinajstić information content (AvgIpc) is 3.30. The van der Waals surface area contributed by atoms with Gasteiger partial charge in [-0.2, -0.15) is 0 Å². The Morgan fingerprint density at radius 1 is 1.05 bits per heavy atom. The van der Waals surface area contributed by atoms with Crippen molar-refractivity contribution in [3.05, 3.63) is 35.4 Å². The van der Waals surface area contributed by atoms with E-state index < -0.39 is 0 Å². The van der Waals surface area contributed by atoms with E-state index in [4.69, 9.17) is 0 Å². The lowest BCUT2D eigenvalue weighted by Gasteiger charge is -2.38. The van der Waals surface area contributed by atoms with Crippen LogP contribution >= 0.6 is 0 Å². The van der Waals surface area contributed by atoms with Crippen LogP contribution in [0.4, 0.5) is 0 Å².